The average molecular weight is 404 g/mol. The number of tetrazole rings is 1. The van der Waals surface area contributed by atoms with Crippen molar-refractivity contribution in [2.75, 3.05) is 0 Å². The highest BCUT2D eigenvalue weighted by Gasteiger charge is 2.30. The third-order valence-corrected chi connectivity index (χ3v) is 5.47. The molecule has 0 aliphatic heterocycles. The van der Waals surface area contributed by atoms with Crippen LogP contribution in [0.5, 0.6) is 0 Å². The molecule has 1 heterocycles. The molecule has 1 aromatic heterocycles. The van der Waals surface area contributed by atoms with E-state index < -0.39 is 5.25 Å². The molecule has 6 nitrogen and oxygen atoms in total. The smallest absolute Gasteiger partial charge is 0.238 e. The van der Waals surface area contributed by atoms with Crippen molar-refractivity contribution in [1.29, 1.82) is 0 Å². The van der Waals surface area contributed by atoms with Crippen LogP contribution in [0.3, 0.4) is 0 Å². The highest BCUT2D eigenvalue weighted by atomic mass is 35.5. The third kappa shape index (κ3) is 4.28. The van der Waals surface area contributed by atoms with Crippen molar-refractivity contribution in [3.63, 3.8) is 0 Å². The van der Waals surface area contributed by atoms with Gasteiger partial charge in [-0.15, -0.1) is 5.10 Å². The number of thioether (sulfide) groups is 1. The first kappa shape index (κ1) is 17.9. The summed E-state index contributed by atoms with van der Waals surface area (Å²) in [5, 5.41) is 15.2. The number of aromatic nitrogens is 4. The lowest BCUT2D eigenvalue weighted by molar-refractivity contribution is -0.120. The van der Waals surface area contributed by atoms with Crippen molar-refractivity contribution in [2.45, 2.75) is 29.3 Å². The number of hydrogen-bond donors (Lipinski definition) is 1. The maximum Gasteiger partial charge on any atom is 0.238 e. The van der Waals surface area contributed by atoms with Crippen LogP contribution in [0.25, 0.3) is 5.69 Å². The van der Waals surface area contributed by atoms with E-state index >= 15 is 0 Å². The highest BCUT2D eigenvalue weighted by Crippen LogP contribution is 2.36. The molecule has 0 unspecified atom stereocenters. The molecule has 1 saturated carbocycles. The van der Waals surface area contributed by atoms with Crippen molar-refractivity contribution in [1.82, 2.24) is 25.5 Å². The fourth-order valence-electron chi connectivity index (χ4n) is 2.54. The zero-order valence-corrected chi connectivity index (χ0v) is 15.6. The molecular weight excluding hydrogens is 389 g/mol. The van der Waals surface area contributed by atoms with Gasteiger partial charge in [0.25, 0.3) is 0 Å². The molecule has 3 aromatic rings. The Hall–Kier alpha value is -2.45. The van der Waals surface area contributed by atoms with E-state index in [0.717, 1.165) is 12.8 Å². The lowest BCUT2D eigenvalue weighted by Gasteiger charge is -2.16. The van der Waals surface area contributed by atoms with Crippen LogP contribution in [0.2, 0.25) is 5.02 Å². The van der Waals surface area contributed by atoms with Crippen LogP contribution < -0.4 is 5.32 Å². The average Bonchev–Trinajstić information content (AvgIpc) is 3.34. The monoisotopic (exact) mass is 403 g/mol. The number of hydrogen-bond acceptors (Lipinski definition) is 5. The normalized spacial score (nSPS) is 14.7. The Balaban J connectivity index is 1.64. The van der Waals surface area contributed by atoms with E-state index in [2.05, 4.69) is 20.8 Å². The second-order valence-corrected chi connectivity index (χ2v) is 7.69. The van der Waals surface area contributed by atoms with Crippen molar-refractivity contribution >= 4 is 29.3 Å². The van der Waals surface area contributed by atoms with E-state index in [0.29, 0.717) is 21.4 Å². The number of benzene rings is 2. The zero-order valence-electron chi connectivity index (χ0n) is 14.0. The molecule has 1 N–H and O–H groups in total. The van der Waals surface area contributed by atoms with E-state index in [9.17, 15) is 9.18 Å². The van der Waals surface area contributed by atoms with Gasteiger partial charge in [0.2, 0.25) is 11.1 Å². The Morgan fingerprint density at radius 1 is 1.26 bits per heavy atom. The Morgan fingerprint density at radius 3 is 2.74 bits per heavy atom. The molecule has 0 bridgehead atoms. The van der Waals surface area contributed by atoms with Crippen LogP contribution in [0.4, 0.5) is 4.39 Å². The molecule has 0 radical (unpaired) electrons. The molecule has 1 amide bonds. The van der Waals surface area contributed by atoms with Crippen LogP contribution in [0.15, 0.2) is 53.7 Å². The van der Waals surface area contributed by atoms with Crippen molar-refractivity contribution in [3.8, 4) is 5.69 Å². The first-order chi connectivity index (χ1) is 13.1. The Morgan fingerprint density at radius 2 is 2.04 bits per heavy atom. The number of nitrogens with one attached hydrogen (secondary N) is 1. The highest BCUT2D eigenvalue weighted by molar-refractivity contribution is 8.00. The molecule has 1 aliphatic rings. The maximum absolute atomic E-state index is 13.3. The van der Waals surface area contributed by atoms with Gasteiger partial charge in [-0.3, -0.25) is 4.79 Å². The minimum atomic E-state index is -0.602. The molecule has 2 aromatic carbocycles. The van der Waals surface area contributed by atoms with Gasteiger partial charge in [-0.05, 0) is 59.2 Å². The fourth-order valence-corrected chi connectivity index (χ4v) is 3.73. The number of carbonyl (C=O) groups excluding carboxylic acids is 1. The van der Waals surface area contributed by atoms with E-state index in [4.69, 9.17) is 11.6 Å². The zero-order chi connectivity index (χ0) is 18.8. The SMILES string of the molecule is O=C(NC1CC1)[C@@H](Sc1nnnn1-c1cccc(Cl)c1)c1ccc(F)cc1. The van der Waals surface area contributed by atoms with E-state index in [1.54, 1.807) is 30.3 Å². The topological polar surface area (TPSA) is 72.7 Å². The van der Waals surface area contributed by atoms with Crippen LogP contribution in [0, 0.1) is 5.82 Å². The van der Waals surface area contributed by atoms with Crippen LogP contribution >= 0.6 is 23.4 Å². The van der Waals surface area contributed by atoms with Crippen molar-refractivity contribution in [3.05, 3.63) is 64.9 Å². The standard InChI is InChI=1S/C18H15ClFN5OS/c19-12-2-1-3-15(10-12)25-18(22-23-24-25)27-16(17(26)21-14-8-9-14)11-4-6-13(20)7-5-11/h1-7,10,14,16H,8-9H2,(H,21,26)/t16-/m0/s1. The van der Waals surface area contributed by atoms with Gasteiger partial charge in [-0.2, -0.15) is 4.68 Å². The van der Waals surface area contributed by atoms with Gasteiger partial charge in [0, 0.05) is 11.1 Å². The lowest BCUT2D eigenvalue weighted by Crippen LogP contribution is -2.30. The molecule has 9 heteroatoms. The summed E-state index contributed by atoms with van der Waals surface area (Å²) in [6.45, 7) is 0. The van der Waals surface area contributed by atoms with Crippen LogP contribution in [-0.4, -0.2) is 32.2 Å². The minimum Gasteiger partial charge on any atom is -0.352 e. The van der Waals surface area contributed by atoms with Gasteiger partial charge in [0.15, 0.2) is 0 Å². The summed E-state index contributed by atoms with van der Waals surface area (Å²) in [6, 6.07) is 13.2. The molecule has 1 fully saturated rings. The van der Waals surface area contributed by atoms with Crippen LogP contribution in [-0.2, 0) is 4.79 Å². The molecule has 1 atom stereocenters. The quantitative estimate of drug-likeness (QED) is 0.637. The Labute approximate surface area is 164 Å². The fraction of sp³-hybridized carbons (Fsp3) is 0.222. The number of nitrogens with zero attached hydrogens (tertiary/aromatic N) is 4. The van der Waals surface area contributed by atoms with Gasteiger partial charge >= 0.3 is 0 Å². The maximum atomic E-state index is 13.3. The summed E-state index contributed by atoms with van der Waals surface area (Å²) >= 11 is 7.27. The largest absolute Gasteiger partial charge is 0.352 e. The van der Waals surface area contributed by atoms with E-state index in [1.165, 1.54) is 28.6 Å². The molecule has 138 valence electrons. The predicted octanol–water partition coefficient (Wildman–Crippen LogP) is 3.57. The number of halogens is 2. The van der Waals surface area contributed by atoms with Gasteiger partial charge in [0.1, 0.15) is 11.1 Å². The third-order valence-electron chi connectivity index (χ3n) is 4.05. The summed E-state index contributed by atoms with van der Waals surface area (Å²) in [7, 11) is 0. The van der Waals surface area contributed by atoms with Crippen molar-refractivity contribution in [2.24, 2.45) is 0 Å². The number of carbonyl (C=O) groups is 1. The summed E-state index contributed by atoms with van der Waals surface area (Å²) in [5.74, 6) is -0.497. The van der Waals surface area contributed by atoms with E-state index in [1.807, 2.05) is 6.07 Å². The first-order valence-electron chi connectivity index (χ1n) is 8.37. The Kier molecular flexibility index (Phi) is 5.09. The molecule has 1 aliphatic carbocycles. The van der Waals surface area contributed by atoms with Crippen molar-refractivity contribution < 1.29 is 9.18 Å². The predicted molar refractivity (Wildman–Crippen MR) is 100 cm³/mol. The number of amides is 1. The molecule has 0 saturated heterocycles. The van der Waals surface area contributed by atoms with Gasteiger partial charge in [-0.1, -0.05) is 41.6 Å². The second-order valence-electron chi connectivity index (χ2n) is 6.19. The second kappa shape index (κ2) is 7.66. The number of rotatable bonds is 6. The summed E-state index contributed by atoms with van der Waals surface area (Å²) < 4.78 is 14.8. The summed E-state index contributed by atoms with van der Waals surface area (Å²) in [4.78, 5) is 12.8. The van der Waals surface area contributed by atoms with Gasteiger partial charge in [-0.25, -0.2) is 4.39 Å². The minimum absolute atomic E-state index is 0.144. The molecule has 27 heavy (non-hydrogen) atoms. The Bertz CT molecular complexity index is 960. The molecule has 0 spiro atoms. The molecular formula is C18H15ClFN5OS. The van der Waals surface area contributed by atoms with Crippen LogP contribution in [0.1, 0.15) is 23.7 Å². The van der Waals surface area contributed by atoms with Gasteiger partial charge < -0.3 is 5.32 Å². The lowest BCUT2D eigenvalue weighted by atomic mass is 10.1. The molecule has 4 rings (SSSR count). The van der Waals surface area contributed by atoms with Gasteiger partial charge in [0.05, 0.1) is 5.69 Å². The van der Waals surface area contributed by atoms with E-state index in [-0.39, 0.29) is 17.8 Å². The first-order valence-corrected chi connectivity index (χ1v) is 9.63. The summed E-state index contributed by atoms with van der Waals surface area (Å²) in [6.07, 6.45) is 1.96. The summed E-state index contributed by atoms with van der Waals surface area (Å²) in [5.41, 5.74) is 1.37.